The van der Waals surface area contributed by atoms with Crippen LogP contribution in [0.2, 0.25) is 0 Å². The van der Waals surface area contributed by atoms with Gasteiger partial charge in [-0.15, -0.1) is 0 Å². The molecule has 1 nitrogen and oxygen atoms in total. The normalized spacial score (nSPS) is 20.8. The number of halogens is 3. The van der Waals surface area contributed by atoms with E-state index in [-0.39, 0.29) is 0 Å². The lowest BCUT2D eigenvalue weighted by Gasteiger charge is -2.17. The second kappa shape index (κ2) is 4.93. The molecule has 2 aromatic rings. The predicted molar refractivity (Wildman–Crippen MR) is 82.2 cm³/mol. The van der Waals surface area contributed by atoms with Gasteiger partial charge in [0.2, 0.25) is 0 Å². The van der Waals surface area contributed by atoms with Gasteiger partial charge in [0, 0.05) is 15.2 Å². The van der Waals surface area contributed by atoms with Crippen LogP contribution in [0.5, 0.6) is 0 Å². The van der Waals surface area contributed by atoms with Crippen LogP contribution in [-0.4, -0.2) is 6.61 Å². The minimum Gasteiger partial charge on any atom is -0.359 e. The van der Waals surface area contributed by atoms with Gasteiger partial charge in [-0.1, -0.05) is 18.7 Å². The molecule has 1 aliphatic rings. The standard InChI is InChI=1S/C16H11F2IO/c1-10(11-2-5-13(19)6-3-11)16(9-20-16)14-7-4-12(17)8-15(14)18/h2-8H,1,9H2/t16-/m0/s1. The summed E-state index contributed by atoms with van der Waals surface area (Å²) in [5.41, 5.74) is 1.07. The molecule has 1 saturated heterocycles. The average molecular weight is 384 g/mol. The molecule has 1 fully saturated rings. The highest BCUT2D eigenvalue weighted by Gasteiger charge is 2.51. The summed E-state index contributed by atoms with van der Waals surface area (Å²) < 4.78 is 33.6. The van der Waals surface area contributed by atoms with Crippen molar-refractivity contribution in [2.45, 2.75) is 5.60 Å². The molecule has 0 N–H and O–H groups in total. The zero-order chi connectivity index (χ0) is 14.3. The van der Waals surface area contributed by atoms with E-state index in [1.807, 2.05) is 24.3 Å². The SMILES string of the molecule is C=C(c1ccc(I)cc1)[C@]1(c2ccc(F)cc2F)CO1. The molecule has 0 aliphatic carbocycles. The lowest BCUT2D eigenvalue weighted by Crippen LogP contribution is -2.13. The Kier molecular flexibility index (Phi) is 3.38. The number of ether oxygens (including phenoxy) is 1. The highest BCUT2D eigenvalue weighted by Crippen LogP contribution is 2.49. The minimum absolute atomic E-state index is 0.336. The number of hydrogen-bond donors (Lipinski definition) is 0. The van der Waals surface area contributed by atoms with Gasteiger partial charge in [-0.05, 0) is 58.0 Å². The maximum Gasteiger partial charge on any atom is 0.144 e. The van der Waals surface area contributed by atoms with Gasteiger partial charge in [0.1, 0.15) is 17.2 Å². The molecule has 1 heterocycles. The van der Waals surface area contributed by atoms with Crippen molar-refractivity contribution in [1.82, 2.24) is 0 Å². The molecule has 0 amide bonds. The van der Waals surface area contributed by atoms with E-state index >= 15 is 0 Å². The summed E-state index contributed by atoms with van der Waals surface area (Å²) in [6.07, 6.45) is 0. The first-order valence-electron chi connectivity index (χ1n) is 6.08. The fourth-order valence-corrected chi connectivity index (χ4v) is 2.63. The molecule has 3 rings (SSSR count). The Morgan fingerprint density at radius 3 is 2.35 bits per heavy atom. The number of benzene rings is 2. The van der Waals surface area contributed by atoms with Gasteiger partial charge in [0.15, 0.2) is 0 Å². The van der Waals surface area contributed by atoms with Crippen LogP contribution in [0, 0.1) is 15.2 Å². The van der Waals surface area contributed by atoms with Gasteiger partial charge in [-0.3, -0.25) is 0 Å². The lowest BCUT2D eigenvalue weighted by atomic mass is 9.88. The van der Waals surface area contributed by atoms with Gasteiger partial charge in [0.25, 0.3) is 0 Å². The molecule has 0 unspecified atom stereocenters. The van der Waals surface area contributed by atoms with E-state index < -0.39 is 17.2 Å². The summed E-state index contributed by atoms with van der Waals surface area (Å²) in [5, 5.41) is 0. The minimum atomic E-state index is -0.857. The van der Waals surface area contributed by atoms with Crippen molar-refractivity contribution < 1.29 is 13.5 Å². The topological polar surface area (TPSA) is 12.5 Å². The Labute approximate surface area is 129 Å². The average Bonchev–Trinajstić information content (AvgIpc) is 3.20. The fourth-order valence-electron chi connectivity index (χ4n) is 2.27. The van der Waals surface area contributed by atoms with Crippen LogP contribution in [0.1, 0.15) is 11.1 Å². The van der Waals surface area contributed by atoms with Gasteiger partial charge >= 0.3 is 0 Å². The van der Waals surface area contributed by atoms with Crippen molar-refractivity contribution in [3.63, 3.8) is 0 Å². The Hall–Kier alpha value is -1.27. The van der Waals surface area contributed by atoms with E-state index in [9.17, 15) is 8.78 Å². The summed E-state index contributed by atoms with van der Waals surface area (Å²) in [5.74, 6) is -1.20. The monoisotopic (exact) mass is 384 g/mol. The van der Waals surface area contributed by atoms with Gasteiger partial charge in [0.05, 0.1) is 6.61 Å². The molecule has 1 aliphatic heterocycles. The lowest BCUT2D eigenvalue weighted by molar-refractivity contribution is 0.357. The van der Waals surface area contributed by atoms with Crippen LogP contribution >= 0.6 is 22.6 Å². The molecular formula is C16H11F2IO. The molecule has 0 bridgehead atoms. The first-order chi connectivity index (χ1) is 9.53. The molecule has 0 saturated carbocycles. The third-order valence-corrected chi connectivity index (χ3v) is 4.20. The van der Waals surface area contributed by atoms with E-state index in [1.54, 1.807) is 0 Å². The summed E-state index contributed by atoms with van der Waals surface area (Å²) in [6.45, 7) is 4.40. The van der Waals surface area contributed by atoms with E-state index in [2.05, 4.69) is 29.2 Å². The predicted octanol–water partition coefficient (Wildman–Crippen LogP) is 4.51. The van der Waals surface area contributed by atoms with E-state index in [1.165, 1.54) is 12.1 Å². The van der Waals surface area contributed by atoms with Crippen molar-refractivity contribution in [3.05, 3.63) is 75.4 Å². The summed E-state index contributed by atoms with van der Waals surface area (Å²) >= 11 is 2.21. The first-order valence-corrected chi connectivity index (χ1v) is 7.16. The Bertz CT molecular complexity index is 675. The van der Waals surface area contributed by atoms with Gasteiger partial charge < -0.3 is 4.74 Å². The maximum atomic E-state index is 14.0. The Morgan fingerprint density at radius 1 is 1.15 bits per heavy atom. The van der Waals surface area contributed by atoms with Crippen molar-refractivity contribution in [2.24, 2.45) is 0 Å². The summed E-state index contributed by atoms with van der Waals surface area (Å²) in [6, 6.07) is 11.3. The summed E-state index contributed by atoms with van der Waals surface area (Å²) in [7, 11) is 0. The Morgan fingerprint density at radius 2 is 1.80 bits per heavy atom. The fraction of sp³-hybridized carbons (Fsp3) is 0.125. The zero-order valence-electron chi connectivity index (χ0n) is 10.5. The molecule has 102 valence electrons. The molecule has 2 aromatic carbocycles. The quantitative estimate of drug-likeness (QED) is 0.561. The van der Waals surface area contributed by atoms with Crippen molar-refractivity contribution in [1.29, 1.82) is 0 Å². The molecule has 4 heteroatoms. The van der Waals surface area contributed by atoms with Crippen LogP contribution in [-0.2, 0) is 10.3 Å². The molecular weight excluding hydrogens is 373 g/mol. The van der Waals surface area contributed by atoms with E-state index in [0.29, 0.717) is 17.7 Å². The van der Waals surface area contributed by atoms with Crippen LogP contribution in [0.3, 0.4) is 0 Å². The van der Waals surface area contributed by atoms with Crippen LogP contribution in [0.4, 0.5) is 8.78 Å². The van der Waals surface area contributed by atoms with Crippen LogP contribution < -0.4 is 0 Å². The van der Waals surface area contributed by atoms with Crippen molar-refractivity contribution in [3.8, 4) is 0 Å². The molecule has 0 aromatic heterocycles. The highest BCUT2D eigenvalue weighted by molar-refractivity contribution is 14.1. The number of epoxide rings is 1. The van der Waals surface area contributed by atoms with Crippen molar-refractivity contribution >= 4 is 28.2 Å². The first kappa shape index (κ1) is 13.7. The number of hydrogen-bond acceptors (Lipinski definition) is 1. The maximum absolute atomic E-state index is 14.0. The molecule has 20 heavy (non-hydrogen) atoms. The summed E-state index contributed by atoms with van der Waals surface area (Å²) in [4.78, 5) is 0. The van der Waals surface area contributed by atoms with E-state index in [0.717, 1.165) is 15.2 Å². The van der Waals surface area contributed by atoms with Crippen LogP contribution in [0.25, 0.3) is 5.57 Å². The largest absolute Gasteiger partial charge is 0.359 e. The molecule has 1 atom stereocenters. The Balaban J connectivity index is 2.00. The van der Waals surface area contributed by atoms with E-state index in [4.69, 9.17) is 4.74 Å². The number of rotatable bonds is 3. The molecule has 0 spiro atoms. The third kappa shape index (κ3) is 2.27. The van der Waals surface area contributed by atoms with Crippen LogP contribution in [0.15, 0.2) is 49.0 Å². The zero-order valence-corrected chi connectivity index (χ0v) is 12.7. The molecule has 0 radical (unpaired) electrons. The third-order valence-electron chi connectivity index (χ3n) is 3.48. The van der Waals surface area contributed by atoms with Crippen molar-refractivity contribution in [2.75, 3.05) is 6.61 Å². The second-order valence-electron chi connectivity index (χ2n) is 4.73. The van der Waals surface area contributed by atoms with Gasteiger partial charge in [-0.25, -0.2) is 8.78 Å². The highest BCUT2D eigenvalue weighted by atomic mass is 127. The van der Waals surface area contributed by atoms with Gasteiger partial charge in [-0.2, -0.15) is 0 Å². The smallest absolute Gasteiger partial charge is 0.144 e. The second-order valence-corrected chi connectivity index (χ2v) is 5.97.